The summed E-state index contributed by atoms with van der Waals surface area (Å²) in [4.78, 5) is 20.6. The Balaban J connectivity index is 1.28. The number of carboxylic acids is 1. The highest BCUT2D eigenvalue weighted by Crippen LogP contribution is 2.26. The number of piperazine rings is 1. The number of fused-ring (bicyclic) bond motifs is 1. The second kappa shape index (κ2) is 9.03. The molecule has 1 N–H and O–H groups in total. The van der Waals surface area contributed by atoms with Gasteiger partial charge in [-0.25, -0.2) is 9.37 Å². The number of anilines is 1. The van der Waals surface area contributed by atoms with Gasteiger partial charge in [-0.15, -0.1) is 0 Å². The average molecular weight is 445 g/mol. The number of halogens is 1. The SMILES string of the molecule is O=C(O)Cn1c(-c2ccc(CN3CCN(c4ccccc4F)CC3)cc2)nc2ccccc21. The van der Waals surface area contributed by atoms with Crippen LogP contribution in [0.1, 0.15) is 5.56 Å². The summed E-state index contributed by atoms with van der Waals surface area (Å²) in [6.45, 7) is 3.99. The van der Waals surface area contributed by atoms with Gasteiger partial charge in [0.15, 0.2) is 0 Å². The largest absolute Gasteiger partial charge is 0.480 e. The molecule has 3 aromatic carbocycles. The molecule has 1 fully saturated rings. The number of carbonyl (C=O) groups is 1. The summed E-state index contributed by atoms with van der Waals surface area (Å²) in [7, 11) is 0. The van der Waals surface area contributed by atoms with Crippen LogP contribution in [0.5, 0.6) is 0 Å². The predicted molar refractivity (Wildman–Crippen MR) is 127 cm³/mol. The number of imidazole rings is 1. The lowest BCUT2D eigenvalue weighted by molar-refractivity contribution is -0.137. The Bertz CT molecular complexity index is 1280. The van der Waals surface area contributed by atoms with Gasteiger partial charge in [0.05, 0.1) is 16.7 Å². The van der Waals surface area contributed by atoms with Crippen molar-refractivity contribution in [2.24, 2.45) is 0 Å². The minimum Gasteiger partial charge on any atom is -0.480 e. The summed E-state index contributed by atoms with van der Waals surface area (Å²) in [5.74, 6) is -0.412. The summed E-state index contributed by atoms with van der Waals surface area (Å²) < 4.78 is 15.8. The zero-order valence-corrected chi connectivity index (χ0v) is 18.2. The Morgan fingerprint density at radius 3 is 2.33 bits per heavy atom. The van der Waals surface area contributed by atoms with E-state index in [4.69, 9.17) is 0 Å². The summed E-state index contributed by atoms with van der Waals surface area (Å²) in [6.07, 6.45) is 0. The normalized spacial score (nSPS) is 14.6. The summed E-state index contributed by atoms with van der Waals surface area (Å²) in [5.41, 5.74) is 4.34. The van der Waals surface area contributed by atoms with Crippen LogP contribution >= 0.6 is 0 Å². The lowest BCUT2D eigenvalue weighted by Gasteiger charge is -2.36. The van der Waals surface area contributed by atoms with Crippen LogP contribution in [0.25, 0.3) is 22.4 Å². The monoisotopic (exact) mass is 444 g/mol. The van der Waals surface area contributed by atoms with Crippen LogP contribution < -0.4 is 4.90 Å². The van der Waals surface area contributed by atoms with Gasteiger partial charge in [0.25, 0.3) is 0 Å². The van der Waals surface area contributed by atoms with Crippen molar-refractivity contribution in [3.8, 4) is 11.4 Å². The third kappa shape index (κ3) is 4.45. The number of aromatic nitrogens is 2. The molecule has 4 aromatic rings. The molecule has 0 bridgehead atoms. The highest BCUT2D eigenvalue weighted by atomic mass is 19.1. The molecule has 0 spiro atoms. The van der Waals surface area contributed by atoms with Crippen LogP contribution in [-0.2, 0) is 17.9 Å². The number of rotatable bonds is 6. The van der Waals surface area contributed by atoms with Crippen LogP contribution in [0.3, 0.4) is 0 Å². The van der Waals surface area contributed by atoms with Crippen LogP contribution in [0.2, 0.25) is 0 Å². The van der Waals surface area contributed by atoms with Gasteiger partial charge in [-0.2, -0.15) is 0 Å². The van der Waals surface area contributed by atoms with Crippen LogP contribution in [0.15, 0.2) is 72.8 Å². The molecule has 2 heterocycles. The van der Waals surface area contributed by atoms with Crippen molar-refractivity contribution >= 4 is 22.7 Å². The van der Waals surface area contributed by atoms with Crippen LogP contribution in [0, 0.1) is 5.82 Å². The number of aliphatic carboxylic acids is 1. The molecule has 1 saturated heterocycles. The van der Waals surface area contributed by atoms with Crippen molar-refractivity contribution < 1.29 is 14.3 Å². The van der Waals surface area contributed by atoms with E-state index in [9.17, 15) is 14.3 Å². The third-order valence-electron chi connectivity index (χ3n) is 6.13. The Morgan fingerprint density at radius 2 is 1.61 bits per heavy atom. The molecule has 1 aliphatic heterocycles. The molecule has 1 aromatic heterocycles. The minimum absolute atomic E-state index is 0.135. The molecule has 168 valence electrons. The number of hydrogen-bond donors (Lipinski definition) is 1. The molecule has 1 aliphatic rings. The Labute approximate surface area is 191 Å². The smallest absolute Gasteiger partial charge is 0.323 e. The average Bonchev–Trinajstić information content (AvgIpc) is 3.18. The van der Waals surface area contributed by atoms with Crippen molar-refractivity contribution in [2.45, 2.75) is 13.1 Å². The first-order valence-corrected chi connectivity index (χ1v) is 11.1. The van der Waals surface area contributed by atoms with E-state index in [1.807, 2.05) is 48.5 Å². The van der Waals surface area contributed by atoms with Gasteiger partial charge in [-0.1, -0.05) is 48.5 Å². The van der Waals surface area contributed by atoms with Gasteiger partial charge in [0.1, 0.15) is 18.2 Å². The second-order valence-electron chi connectivity index (χ2n) is 8.32. The maximum atomic E-state index is 14.1. The zero-order chi connectivity index (χ0) is 22.8. The van der Waals surface area contributed by atoms with E-state index in [0.717, 1.165) is 49.3 Å². The molecule has 0 atom stereocenters. The van der Waals surface area contributed by atoms with Crippen LogP contribution in [-0.4, -0.2) is 51.7 Å². The fourth-order valence-corrected chi connectivity index (χ4v) is 4.46. The Morgan fingerprint density at radius 1 is 0.909 bits per heavy atom. The maximum Gasteiger partial charge on any atom is 0.323 e. The van der Waals surface area contributed by atoms with Gasteiger partial charge >= 0.3 is 5.97 Å². The molecule has 33 heavy (non-hydrogen) atoms. The molecule has 0 saturated carbocycles. The zero-order valence-electron chi connectivity index (χ0n) is 18.2. The van der Waals surface area contributed by atoms with Crippen LogP contribution in [0.4, 0.5) is 10.1 Å². The first kappa shape index (κ1) is 21.2. The quantitative estimate of drug-likeness (QED) is 0.482. The minimum atomic E-state index is -0.898. The molecule has 7 heteroatoms. The van der Waals surface area contributed by atoms with Gasteiger partial charge in [-0.05, 0) is 29.8 Å². The topological polar surface area (TPSA) is 61.6 Å². The van der Waals surface area contributed by atoms with Crippen molar-refractivity contribution in [2.75, 3.05) is 31.1 Å². The molecular formula is C26H25FN4O2. The standard InChI is InChI=1S/C26H25FN4O2/c27-21-5-1-3-7-23(21)30-15-13-29(14-16-30)17-19-9-11-20(12-10-19)26-28-22-6-2-4-8-24(22)31(26)18-25(32)33/h1-12H,13-18H2,(H,32,33). The van der Waals surface area contributed by atoms with Gasteiger partial charge in [0.2, 0.25) is 0 Å². The van der Waals surface area contributed by atoms with Crippen molar-refractivity contribution in [3.63, 3.8) is 0 Å². The van der Waals surface area contributed by atoms with E-state index in [1.54, 1.807) is 10.6 Å². The molecule has 0 unspecified atom stereocenters. The molecule has 0 amide bonds. The van der Waals surface area contributed by atoms with E-state index in [-0.39, 0.29) is 12.4 Å². The highest BCUT2D eigenvalue weighted by Gasteiger charge is 2.20. The number of nitrogens with zero attached hydrogens (tertiary/aromatic N) is 4. The summed E-state index contributed by atoms with van der Waals surface area (Å²) >= 11 is 0. The number of para-hydroxylation sites is 3. The number of benzene rings is 3. The van der Waals surface area contributed by atoms with Gasteiger partial charge in [0, 0.05) is 38.3 Å². The van der Waals surface area contributed by atoms with Crippen molar-refractivity contribution in [1.82, 2.24) is 14.5 Å². The van der Waals surface area contributed by atoms with E-state index in [0.29, 0.717) is 11.5 Å². The third-order valence-corrected chi connectivity index (χ3v) is 6.13. The first-order chi connectivity index (χ1) is 16.1. The maximum absolute atomic E-state index is 14.1. The first-order valence-electron chi connectivity index (χ1n) is 11.1. The molecule has 0 radical (unpaired) electrons. The predicted octanol–water partition coefficient (Wildman–Crippen LogP) is 4.25. The number of carboxylic acid groups (broad SMARTS) is 1. The van der Waals surface area contributed by atoms with E-state index in [1.165, 1.54) is 11.6 Å². The molecule has 6 nitrogen and oxygen atoms in total. The van der Waals surface area contributed by atoms with E-state index < -0.39 is 5.97 Å². The lowest BCUT2D eigenvalue weighted by atomic mass is 10.1. The fraction of sp³-hybridized carbons (Fsp3) is 0.231. The van der Waals surface area contributed by atoms with Crippen molar-refractivity contribution in [3.05, 3.63) is 84.2 Å². The Kier molecular flexibility index (Phi) is 5.79. The van der Waals surface area contributed by atoms with E-state index >= 15 is 0 Å². The van der Waals surface area contributed by atoms with Crippen molar-refractivity contribution in [1.29, 1.82) is 0 Å². The Hall–Kier alpha value is -3.71. The summed E-state index contributed by atoms with van der Waals surface area (Å²) in [6, 6.07) is 22.7. The van der Waals surface area contributed by atoms with E-state index in [2.05, 4.69) is 26.9 Å². The molecular weight excluding hydrogens is 419 g/mol. The fourth-order valence-electron chi connectivity index (χ4n) is 4.46. The van der Waals surface area contributed by atoms with Gasteiger partial charge < -0.3 is 14.6 Å². The number of hydrogen-bond acceptors (Lipinski definition) is 4. The second-order valence-corrected chi connectivity index (χ2v) is 8.32. The highest BCUT2D eigenvalue weighted by molar-refractivity contribution is 5.82. The summed E-state index contributed by atoms with van der Waals surface area (Å²) in [5, 5.41) is 9.37. The van der Waals surface area contributed by atoms with Gasteiger partial charge in [-0.3, -0.25) is 9.69 Å². The molecule has 0 aliphatic carbocycles. The lowest BCUT2D eigenvalue weighted by Crippen LogP contribution is -2.46. The molecule has 5 rings (SSSR count).